The lowest BCUT2D eigenvalue weighted by Crippen LogP contribution is -2.21. The molecule has 0 aliphatic carbocycles. The summed E-state index contributed by atoms with van der Waals surface area (Å²) in [6.07, 6.45) is 2.36. The number of rotatable bonds is 3. The minimum Gasteiger partial charge on any atom is -0.422 e. The zero-order valence-corrected chi connectivity index (χ0v) is 11.3. The number of aromatic amines is 1. The summed E-state index contributed by atoms with van der Waals surface area (Å²) in [5.41, 5.74) is 0.623. The van der Waals surface area contributed by atoms with E-state index in [1.54, 1.807) is 24.4 Å². The second kappa shape index (κ2) is 5.24. The van der Waals surface area contributed by atoms with Crippen molar-refractivity contribution in [3.8, 4) is 0 Å². The van der Waals surface area contributed by atoms with E-state index in [1.165, 1.54) is 6.07 Å². The lowest BCUT2D eigenvalue weighted by molar-refractivity contribution is 0.102. The zero-order chi connectivity index (χ0) is 14.8. The van der Waals surface area contributed by atoms with Gasteiger partial charge < -0.3 is 9.73 Å². The SMILES string of the molecule is CCc1cn[nH]c1NC(=O)c1cc2ccccc2oc1=O. The highest BCUT2D eigenvalue weighted by atomic mass is 16.4. The van der Waals surface area contributed by atoms with E-state index < -0.39 is 11.5 Å². The third-order valence-corrected chi connectivity index (χ3v) is 3.22. The van der Waals surface area contributed by atoms with E-state index in [0.717, 1.165) is 12.0 Å². The topological polar surface area (TPSA) is 88.0 Å². The normalized spacial score (nSPS) is 10.7. The Morgan fingerprint density at radius 1 is 1.38 bits per heavy atom. The molecule has 106 valence electrons. The number of fused-ring (bicyclic) bond motifs is 1. The van der Waals surface area contributed by atoms with Crippen LogP contribution in [0.2, 0.25) is 0 Å². The molecular weight excluding hydrogens is 270 g/mol. The van der Waals surface area contributed by atoms with Crippen molar-refractivity contribution in [2.45, 2.75) is 13.3 Å². The quantitative estimate of drug-likeness (QED) is 0.722. The van der Waals surface area contributed by atoms with E-state index in [0.29, 0.717) is 16.8 Å². The molecule has 3 rings (SSSR count). The third-order valence-electron chi connectivity index (χ3n) is 3.22. The minimum absolute atomic E-state index is 0.0367. The van der Waals surface area contributed by atoms with Gasteiger partial charge in [0.15, 0.2) is 0 Å². The fourth-order valence-electron chi connectivity index (χ4n) is 2.09. The van der Waals surface area contributed by atoms with Crippen molar-refractivity contribution in [1.82, 2.24) is 10.2 Å². The van der Waals surface area contributed by atoms with Crippen LogP contribution in [-0.2, 0) is 6.42 Å². The average molecular weight is 283 g/mol. The Bertz CT molecular complexity index is 864. The fourth-order valence-corrected chi connectivity index (χ4v) is 2.09. The van der Waals surface area contributed by atoms with Gasteiger partial charge in [0.05, 0.1) is 6.20 Å². The number of para-hydroxylation sites is 1. The van der Waals surface area contributed by atoms with Gasteiger partial charge in [-0.15, -0.1) is 0 Å². The van der Waals surface area contributed by atoms with Crippen LogP contribution >= 0.6 is 0 Å². The maximum atomic E-state index is 12.2. The van der Waals surface area contributed by atoms with Gasteiger partial charge in [-0.3, -0.25) is 9.89 Å². The van der Waals surface area contributed by atoms with Crippen molar-refractivity contribution < 1.29 is 9.21 Å². The molecule has 0 aliphatic heterocycles. The predicted octanol–water partition coefficient (Wildman–Crippen LogP) is 2.33. The van der Waals surface area contributed by atoms with Crippen LogP contribution in [0.4, 0.5) is 5.82 Å². The van der Waals surface area contributed by atoms with E-state index in [9.17, 15) is 9.59 Å². The molecule has 0 spiro atoms. The first-order valence-corrected chi connectivity index (χ1v) is 6.55. The molecule has 3 aromatic rings. The Labute approximate surface area is 119 Å². The molecule has 0 atom stereocenters. The molecule has 2 heterocycles. The molecule has 21 heavy (non-hydrogen) atoms. The molecule has 0 unspecified atom stereocenters. The monoisotopic (exact) mass is 283 g/mol. The second-order valence-corrected chi connectivity index (χ2v) is 4.56. The first kappa shape index (κ1) is 13.1. The van der Waals surface area contributed by atoms with Crippen LogP contribution in [0.15, 0.2) is 45.7 Å². The molecule has 0 aliphatic rings. The number of nitrogens with one attached hydrogen (secondary N) is 2. The van der Waals surface area contributed by atoms with Gasteiger partial charge in [-0.2, -0.15) is 5.10 Å². The molecule has 2 N–H and O–H groups in total. The lowest BCUT2D eigenvalue weighted by Gasteiger charge is -2.04. The number of carbonyl (C=O) groups excluding carboxylic acids is 1. The second-order valence-electron chi connectivity index (χ2n) is 4.56. The number of nitrogens with zero attached hydrogens (tertiary/aromatic N) is 1. The van der Waals surface area contributed by atoms with Crippen LogP contribution in [0.5, 0.6) is 0 Å². The fraction of sp³-hybridized carbons (Fsp3) is 0.133. The van der Waals surface area contributed by atoms with Crippen LogP contribution in [0.1, 0.15) is 22.8 Å². The summed E-state index contributed by atoms with van der Waals surface area (Å²) in [7, 11) is 0. The molecule has 6 nitrogen and oxygen atoms in total. The Morgan fingerprint density at radius 2 is 2.19 bits per heavy atom. The molecule has 0 fully saturated rings. The Morgan fingerprint density at radius 3 is 3.00 bits per heavy atom. The number of aryl methyl sites for hydroxylation is 1. The molecule has 1 aromatic carbocycles. The Balaban J connectivity index is 1.98. The molecule has 6 heteroatoms. The van der Waals surface area contributed by atoms with Gasteiger partial charge in [-0.1, -0.05) is 25.1 Å². The van der Waals surface area contributed by atoms with Gasteiger partial charge in [0.1, 0.15) is 17.0 Å². The van der Waals surface area contributed by atoms with Crippen LogP contribution in [0, 0.1) is 0 Å². The summed E-state index contributed by atoms with van der Waals surface area (Å²) in [5, 5.41) is 9.91. The summed E-state index contributed by atoms with van der Waals surface area (Å²) in [5.74, 6) is -0.0245. The zero-order valence-electron chi connectivity index (χ0n) is 11.3. The highest BCUT2D eigenvalue weighted by molar-refractivity contribution is 6.05. The predicted molar refractivity (Wildman–Crippen MR) is 78.4 cm³/mol. The molecule has 0 saturated carbocycles. The number of aromatic nitrogens is 2. The minimum atomic E-state index is -0.663. The van der Waals surface area contributed by atoms with Gasteiger partial charge in [-0.05, 0) is 18.6 Å². The molecule has 0 bridgehead atoms. The number of benzene rings is 1. The molecule has 1 amide bonds. The number of hydrogen-bond donors (Lipinski definition) is 2. The first-order valence-electron chi connectivity index (χ1n) is 6.55. The summed E-state index contributed by atoms with van der Waals surface area (Å²) in [4.78, 5) is 24.1. The maximum absolute atomic E-state index is 12.2. The summed E-state index contributed by atoms with van der Waals surface area (Å²) >= 11 is 0. The van der Waals surface area contributed by atoms with Crippen LogP contribution in [0.3, 0.4) is 0 Å². The molecule has 0 radical (unpaired) electrons. The maximum Gasteiger partial charge on any atom is 0.349 e. The highest BCUT2D eigenvalue weighted by Crippen LogP contribution is 2.15. The van der Waals surface area contributed by atoms with E-state index >= 15 is 0 Å². The standard InChI is InChI=1S/C15H13N3O3/c1-2-9-8-16-18-13(9)17-14(19)11-7-10-5-3-4-6-12(10)21-15(11)20/h3-8H,2H2,1H3,(H2,16,17,18,19). The van der Waals surface area contributed by atoms with E-state index in [1.807, 2.05) is 13.0 Å². The van der Waals surface area contributed by atoms with Gasteiger partial charge in [0, 0.05) is 10.9 Å². The van der Waals surface area contributed by atoms with Gasteiger partial charge in [0.25, 0.3) is 5.91 Å². The van der Waals surface area contributed by atoms with Crippen molar-refractivity contribution in [2.24, 2.45) is 0 Å². The molecule has 0 saturated heterocycles. The van der Waals surface area contributed by atoms with E-state index in [4.69, 9.17) is 4.42 Å². The van der Waals surface area contributed by atoms with Crippen LogP contribution in [-0.4, -0.2) is 16.1 Å². The summed E-state index contributed by atoms with van der Waals surface area (Å²) < 4.78 is 5.15. The van der Waals surface area contributed by atoms with E-state index in [2.05, 4.69) is 15.5 Å². The number of amides is 1. The summed E-state index contributed by atoms with van der Waals surface area (Å²) in [6, 6.07) is 8.57. The van der Waals surface area contributed by atoms with Gasteiger partial charge in [0.2, 0.25) is 0 Å². The van der Waals surface area contributed by atoms with Crippen molar-refractivity contribution in [3.05, 3.63) is 58.1 Å². The third kappa shape index (κ3) is 2.43. The number of hydrogen-bond acceptors (Lipinski definition) is 4. The largest absolute Gasteiger partial charge is 0.422 e. The molecule has 2 aromatic heterocycles. The smallest absolute Gasteiger partial charge is 0.349 e. The first-order chi connectivity index (χ1) is 10.2. The molecular formula is C15H13N3O3. The van der Waals surface area contributed by atoms with Crippen molar-refractivity contribution in [2.75, 3.05) is 5.32 Å². The Hall–Kier alpha value is -2.89. The van der Waals surface area contributed by atoms with Crippen molar-refractivity contribution >= 4 is 22.7 Å². The number of anilines is 1. The van der Waals surface area contributed by atoms with Crippen molar-refractivity contribution in [3.63, 3.8) is 0 Å². The average Bonchev–Trinajstić information content (AvgIpc) is 2.93. The lowest BCUT2D eigenvalue weighted by atomic mass is 10.1. The number of carbonyl (C=O) groups is 1. The number of H-pyrrole nitrogens is 1. The van der Waals surface area contributed by atoms with Gasteiger partial charge in [-0.25, -0.2) is 4.79 Å². The van der Waals surface area contributed by atoms with Crippen LogP contribution in [0.25, 0.3) is 11.0 Å². The Kier molecular flexibility index (Phi) is 3.27. The van der Waals surface area contributed by atoms with Gasteiger partial charge >= 0.3 is 5.63 Å². The summed E-state index contributed by atoms with van der Waals surface area (Å²) in [6.45, 7) is 1.95. The van der Waals surface area contributed by atoms with Crippen LogP contribution < -0.4 is 10.9 Å². The van der Waals surface area contributed by atoms with E-state index in [-0.39, 0.29) is 5.56 Å². The van der Waals surface area contributed by atoms with Crippen molar-refractivity contribution in [1.29, 1.82) is 0 Å². The highest BCUT2D eigenvalue weighted by Gasteiger charge is 2.15.